The third-order valence-electron chi connectivity index (χ3n) is 15.0. The Hall–Kier alpha value is -5.40. The van der Waals surface area contributed by atoms with Gasteiger partial charge in [-0.05, 0) is 152 Å². The largest absolute Gasteiger partial charge is 0.310 e. The van der Waals surface area contributed by atoms with Crippen LogP contribution in [0.2, 0.25) is 0 Å². The molecule has 4 saturated carbocycles. The molecule has 4 bridgehead atoms. The van der Waals surface area contributed by atoms with Gasteiger partial charge in [0.2, 0.25) is 0 Å². The van der Waals surface area contributed by atoms with Crippen LogP contribution in [0.25, 0.3) is 44.2 Å². The van der Waals surface area contributed by atoms with Crippen molar-refractivity contribution in [1.82, 2.24) is 0 Å². The highest BCUT2D eigenvalue weighted by Crippen LogP contribution is 2.62. The summed E-state index contributed by atoms with van der Waals surface area (Å²) in [6.07, 6.45) is 8.52. The number of rotatable bonds is 6. The van der Waals surface area contributed by atoms with Gasteiger partial charge in [0.15, 0.2) is 0 Å². The van der Waals surface area contributed by atoms with Crippen LogP contribution < -0.4 is 4.90 Å². The second kappa shape index (κ2) is 13.1. The molecule has 58 heavy (non-hydrogen) atoms. The maximum atomic E-state index is 2.55. The van der Waals surface area contributed by atoms with Gasteiger partial charge in [-0.1, -0.05) is 162 Å². The summed E-state index contributed by atoms with van der Waals surface area (Å²) in [5, 5.41) is 2.87. The molecule has 288 valence electrons. The van der Waals surface area contributed by atoms with Crippen LogP contribution in [0.5, 0.6) is 0 Å². The molecule has 0 saturated heterocycles. The third-order valence-corrected chi connectivity index (χ3v) is 15.0. The minimum atomic E-state index is -0.166. The first kappa shape index (κ1) is 35.7. The van der Waals surface area contributed by atoms with Gasteiger partial charge in [0.25, 0.3) is 0 Å². The van der Waals surface area contributed by atoms with E-state index in [9.17, 15) is 0 Å². The molecule has 0 aliphatic heterocycles. The summed E-state index contributed by atoms with van der Waals surface area (Å²) < 4.78 is 0. The molecule has 4 fully saturated rings. The average molecular weight is 754 g/mol. The van der Waals surface area contributed by atoms with Crippen molar-refractivity contribution in [3.63, 3.8) is 0 Å². The minimum Gasteiger partial charge on any atom is -0.310 e. The summed E-state index contributed by atoms with van der Waals surface area (Å²) in [5.74, 6) is 2.74. The molecule has 7 aromatic carbocycles. The summed E-state index contributed by atoms with van der Waals surface area (Å²) in [4.78, 5) is 2.55. The van der Waals surface area contributed by atoms with Crippen molar-refractivity contribution in [3.05, 3.63) is 174 Å². The molecule has 12 rings (SSSR count). The number of benzene rings is 7. The molecule has 1 nitrogen and oxygen atoms in total. The van der Waals surface area contributed by atoms with Crippen molar-refractivity contribution in [2.24, 2.45) is 17.8 Å². The van der Waals surface area contributed by atoms with Crippen LogP contribution in [0.4, 0.5) is 17.1 Å². The number of fused-ring (bicyclic) bond motifs is 4. The first-order chi connectivity index (χ1) is 28.1. The van der Waals surface area contributed by atoms with Crippen LogP contribution in [-0.4, -0.2) is 0 Å². The molecule has 0 amide bonds. The van der Waals surface area contributed by atoms with E-state index in [0.29, 0.717) is 5.41 Å². The van der Waals surface area contributed by atoms with Crippen molar-refractivity contribution in [2.75, 3.05) is 4.90 Å². The van der Waals surface area contributed by atoms with Gasteiger partial charge in [0.1, 0.15) is 0 Å². The molecular weight excluding hydrogens is 699 g/mol. The molecule has 0 atom stereocenters. The Morgan fingerprint density at radius 3 is 1.69 bits per heavy atom. The number of hydrogen-bond donors (Lipinski definition) is 0. The smallest absolute Gasteiger partial charge is 0.0540 e. The van der Waals surface area contributed by atoms with Gasteiger partial charge < -0.3 is 4.90 Å². The molecule has 5 aliphatic carbocycles. The molecule has 0 spiro atoms. The zero-order valence-electron chi connectivity index (χ0n) is 34.9. The third kappa shape index (κ3) is 5.56. The van der Waals surface area contributed by atoms with Gasteiger partial charge in [-0.2, -0.15) is 0 Å². The molecule has 0 heterocycles. The van der Waals surface area contributed by atoms with Gasteiger partial charge >= 0.3 is 0 Å². The molecule has 1 heteroatoms. The van der Waals surface area contributed by atoms with Gasteiger partial charge in [-0.15, -0.1) is 0 Å². The maximum absolute atomic E-state index is 2.55. The van der Waals surface area contributed by atoms with Crippen LogP contribution in [0.3, 0.4) is 0 Å². The van der Waals surface area contributed by atoms with E-state index < -0.39 is 0 Å². The van der Waals surface area contributed by atoms with Gasteiger partial charge in [-0.3, -0.25) is 0 Å². The van der Waals surface area contributed by atoms with Crippen LogP contribution in [0.1, 0.15) is 95.4 Å². The molecule has 0 N–H and O–H groups in total. The summed E-state index contributed by atoms with van der Waals surface area (Å²) in [5.41, 5.74) is 17.4. The lowest BCUT2D eigenvalue weighted by Gasteiger charge is -2.57. The SMILES string of the molecule is CC(C)(C)c1ccc(-c2ccccc2N(c2ccc(-c3cccc4cccc(C56CC7CC(CC(C7)C5)C6)c34)cc2)c2cccc3c2C(C)(C)c2ccccc2-3)cc1. The Balaban J connectivity index is 1.07. The van der Waals surface area contributed by atoms with Crippen LogP contribution in [0, 0.1) is 17.8 Å². The van der Waals surface area contributed by atoms with Crippen molar-refractivity contribution < 1.29 is 0 Å². The molecular formula is C57H55N. The fourth-order valence-electron chi connectivity index (χ4n) is 12.7. The second-order valence-corrected chi connectivity index (χ2v) is 20.0. The Bertz CT molecular complexity index is 2660. The molecule has 5 aliphatic rings. The minimum absolute atomic E-state index is 0.0943. The Kier molecular flexibility index (Phi) is 8.04. The van der Waals surface area contributed by atoms with Gasteiger partial charge in [-0.25, -0.2) is 0 Å². The maximum Gasteiger partial charge on any atom is 0.0540 e. The number of para-hydroxylation sites is 1. The average Bonchev–Trinajstić information content (AvgIpc) is 3.46. The van der Waals surface area contributed by atoms with Crippen LogP contribution in [-0.2, 0) is 16.2 Å². The lowest BCUT2D eigenvalue weighted by Crippen LogP contribution is -2.48. The lowest BCUT2D eigenvalue weighted by atomic mass is 9.47. The van der Waals surface area contributed by atoms with Crippen LogP contribution >= 0.6 is 0 Å². The quantitative estimate of drug-likeness (QED) is 0.163. The van der Waals surface area contributed by atoms with E-state index in [-0.39, 0.29) is 10.8 Å². The summed E-state index contributed by atoms with van der Waals surface area (Å²) in [6, 6.07) is 58.0. The van der Waals surface area contributed by atoms with E-state index in [0.717, 1.165) is 17.8 Å². The fraction of sp³-hybridized carbons (Fsp3) is 0.298. The molecule has 0 unspecified atom stereocenters. The van der Waals surface area contributed by atoms with E-state index in [4.69, 9.17) is 0 Å². The highest BCUT2D eigenvalue weighted by molar-refractivity contribution is 6.00. The van der Waals surface area contributed by atoms with E-state index >= 15 is 0 Å². The monoisotopic (exact) mass is 753 g/mol. The second-order valence-electron chi connectivity index (χ2n) is 20.0. The fourth-order valence-corrected chi connectivity index (χ4v) is 12.7. The predicted molar refractivity (Wildman–Crippen MR) is 246 cm³/mol. The Labute approximate surface area is 345 Å². The topological polar surface area (TPSA) is 3.24 Å². The van der Waals surface area contributed by atoms with E-state index in [1.54, 1.807) is 5.56 Å². The molecule has 7 aromatic rings. The summed E-state index contributed by atoms with van der Waals surface area (Å²) in [7, 11) is 0. The number of hydrogen-bond acceptors (Lipinski definition) is 1. The Morgan fingerprint density at radius 2 is 1.00 bits per heavy atom. The number of nitrogens with zero attached hydrogens (tertiary/aromatic N) is 1. The summed E-state index contributed by atoms with van der Waals surface area (Å²) in [6.45, 7) is 11.7. The van der Waals surface area contributed by atoms with E-state index in [1.807, 2.05) is 0 Å². The normalized spacial score (nSPS) is 22.5. The Morgan fingerprint density at radius 1 is 0.483 bits per heavy atom. The predicted octanol–water partition coefficient (Wildman–Crippen LogP) is 15.7. The van der Waals surface area contributed by atoms with Crippen molar-refractivity contribution >= 4 is 27.8 Å². The highest BCUT2D eigenvalue weighted by Gasteiger charge is 2.52. The highest BCUT2D eigenvalue weighted by atomic mass is 15.1. The number of anilines is 3. The zero-order chi connectivity index (χ0) is 39.4. The lowest BCUT2D eigenvalue weighted by molar-refractivity contribution is -0.00448. The standard InChI is InChI=1S/C57H55N/c1-55(2,3)43-27-23-40(24-28-43)45-15-7-9-21-51(45)58(52-22-12-18-48-47-16-6-8-19-49(47)56(4,5)54(48)52)44-29-25-41(26-30-44)46-17-10-13-42-14-11-20-50(53(42)46)57-34-37-31-38(35-57)33-39(32-37)36-57/h6-30,37-39H,31-36H2,1-5H3. The van der Waals surface area contributed by atoms with Crippen molar-refractivity contribution in [1.29, 1.82) is 0 Å². The van der Waals surface area contributed by atoms with E-state index in [2.05, 4.69) is 191 Å². The molecule has 0 aromatic heterocycles. The zero-order valence-corrected chi connectivity index (χ0v) is 34.9. The summed E-state index contributed by atoms with van der Waals surface area (Å²) >= 11 is 0. The van der Waals surface area contributed by atoms with Crippen LogP contribution in [0.15, 0.2) is 152 Å². The van der Waals surface area contributed by atoms with Crippen molar-refractivity contribution in [3.8, 4) is 33.4 Å². The van der Waals surface area contributed by atoms with Crippen molar-refractivity contribution in [2.45, 2.75) is 89.4 Å². The first-order valence-corrected chi connectivity index (χ1v) is 21.9. The molecule has 0 radical (unpaired) electrons. The van der Waals surface area contributed by atoms with Gasteiger partial charge in [0.05, 0.1) is 11.4 Å². The first-order valence-electron chi connectivity index (χ1n) is 21.9. The van der Waals surface area contributed by atoms with E-state index in [1.165, 1.54) is 116 Å². The van der Waals surface area contributed by atoms with Gasteiger partial charge in [0, 0.05) is 16.7 Å².